The average Bonchev–Trinajstić information content (AvgIpc) is 2.64. The number of rotatable bonds is 7. The van der Waals surface area contributed by atoms with Crippen molar-refractivity contribution in [2.45, 2.75) is 33.0 Å². The van der Waals surface area contributed by atoms with Gasteiger partial charge in [0.25, 0.3) is 11.8 Å². The lowest BCUT2D eigenvalue weighted by Crippen LogP contribution is -2.51. The van der Waals surface area contributed by atoms with Gasteiger partial charge in [0.15, 0.2) is 0 Å². The zero-order valence-electron chi connectivity index (χ0n) is 13.8. The molecule has 7 nitrogen and oxygen atoms in total. The number of carbonyl (C=O) groups excluding carboxylic acids is 2. The van der Waals surface area contributed by atoms with Crippen molar-refractivity contribution in [1.29, 1.82) is 0 Å². The van der Waals surface area contributed by atoms with Crippen molar-refractivity contribution >= 4 is 17.5 Å². The smallest absolute Gasteiger partial charge is 0.268 e. The third-order valence-corrected chi connectivity index (χ3v) is 3.65. The fourth-order valence-electron chi connectivity index (χ4n) is 2.23. The summed E-state index contributed by atoms with van der Waals surface area (Å²) in [6.45, 7) is 1.95. The second kappa shape index (κ2) is 10.2. The Balaban J connectivity index is 0.00000338. The first-order valence-electron chi connectivity index (χ1n) is 7.82. The fraction of sp³-hybridized carbons (Fsp3) is 0.263. The Bertz CT molecular complexity index is 702. The highest BCUT2D eigenvalue weighted by Crippen LogP contribution is 2.10. The molecule has 2 rings (SSSR count). The Hall–Kier alpha value is -2.90. The monoisotopic (exact) mass is 359 g/mol. The van der Waals surface area contributed by atoms with Crippen LogP contribution in [0.4, 0.5) is 5.69 Å². The molecule has 0 radical (unpaired) electrons. The number of aliphatic hydroxyl groups excluding tert-OH is 1. The molecule has 0 aliphatic carbocycles. The third kappa shape index (κ3) is 5.87. The molecule has 0 heterocycles. The van der Waals surface area contributed by atoms with Crippen molar-refractivity contribution in [3.05, 3.63) is 65.7 Å². The first-order chi connectivity index (χ1) is 12.0. The van der Waals surface area contributed by atoms with Crippen LogP contribution in [-0.4, -0.2) is 34.3 Å². The number of para-hydroxylation sites is 1. The van der Waals surface area contributed by atoms with Gasteiger partial charge in [-0.25, -0.2) is 5.48 Å². The van der Waals surface area contributed by atoms with E-state index in [1.807, 2.05) is 30.3 Å². The maximum atomic E-state index is 12.2. The number of benzene rings is 2. The number of hydrogen-bond acceptors (Lipinski definition) is 5. The largest absolute Gasteiger partial charge is 0.391 e. The summed E-state index contributed by atoms with van der Waals surface area (Å²) in [7, 11) is 0. The van der Waals surface area contributed by atoms with Crippen LogP contribution in [0.3, 0.4) is 0 Å². The second-order valence-corrected chi connectivity index (χ2v) is 5.58. The molecule has 2 atom stereocenters. The molecule has 0 saturated heterocycles. The van der Waals surface area contributed by atoms with Gasteiger partial charge in [-0.1, -0.05) is 37.8 Å². The Morgan fingerprint density at radius 3 is 2.19 bits per heavy atom. The molecule has 2 aromatic rings. The summed E-state index contributed by atoms with van der Waals surface area (Å²) >= 11 is 0. The minimum Gasteiger partial charge on any atom is -0.391 e. The van der Waals surface area contributed by atoms with Crippen molar-refractivity contribution in [3.8, 4) is 0 Å². The SMILES string of the molecule is C.C[C@@H](O)[C@H](NC(=O)c1ccc(CNc2ccccc2)cc1)C(=O)NO. The number of hydrogen-bond donors (Lipinski definition) is 5. The van der Waals surface area contributed by atoms with Crippen LogP contribution in [-0.2, 0) is 11.3 Å². The predicted molar refractivity (Wildman–Crippen MR) is 99.8 cm³/mol. The molecule has 0 spiro atoms. The number of nitrogens with one attached hydrogen (secondary N) is 3. The summed E-state index contributed by atoms with van der Waals surface area (Å²) in [6, 6.07) is 15.4. The van der Waals surface area contributed by atoms with Crippen LogP contribution < -0.4 is 16.1 Å². The lowest BCUT2D eigenvalue weighted by molar-refractivity contribution is -0.133. The lowest BCUT2D eigenvalue weighted by atomic mass is 10.1. The maximum Gasteiger partial charge on any atom is 0.268 e. The molecular formula is C19H25N3O4. The van der Waals surface area contributed by atoms with Gasteiger partial charge in [-0.2, -0.15) is 0 Å². The number of carbonyl (C=O) groups is 2. The summed E-state index contributed by atoms with van der Waals surface area (Å²) in [6.07, 6.45) is -1.15. The molecule has 0 bridgehead atoms. The molecule has 0 aromatic heterocycles. The molecule has 2 aromatic carbocycles. The molecule has 7 heteroatoms. The van der Waals surface area contributed by atoms with Crippen LogP contribution in [0.1, 0.15) is 30.3 Å². The van der Waals surface area contributed by atoms with Crippen LogP contribution in [0.15, 0.2) is 54.6 Å². The summed E-state index contributed by atoms with van der Waals surface area (Å²) in [5.41, 5.74) is 3.76. The normalized spacial score (nSPS) is 12.3. The zero-order chi connectivity index (χ0) is 18.2. The van der Waals surface area contributed by atoms with Crippen molar-refractivity contribution in [3.63, 3.8) is 0 Å². The maximum absolute atomic E-state index is 12.2. The molecule has 2 amide bonds. The molecule has 0 unspecified atom stereocenters. The topological polar surface area (TPSA) is 111 Å². The predicted octanol–water partition coefficient (Wildman–Crippen LogP) is 1.92. The molecule has 5 N–H and O–H groups in total. The van der Waals surface area contributed by atoms with Crippen LogP contribution in [0, 0.1) is 0 Å². The highest BCUT2D eigenvalue weighted by atomic mass is 16.5. The van der Waals surface area contributed by atoms with Crippen LogP contribution in [0.5, 0.6) is 0 Å². The van der Waals surface area contributed by atoms with E-state index in [9.17, 15) is 14.7 Å². The Morgan fingerprint density at radius 2 is 1.65 bits per heavy atom. The van der Waals surface area contributed by atoms with E-state index in [0.717, 1.165) is 11.3 Å². The van der Waals surface area contributed by atoms with Gasteiger partial charge >= 0.3 is 0 Å². The van der Waals surface area contributed by atoms with Gasteiger partial charge in [0.05, 0.1) is 6.10 Å². The third-order valence-electron chi connectivity index (χ3n) is 3.65. The van der Waals surface area contributed by atoms with Gasteiger partial charge in [-0.05, 0) is 36.8 Å². The summed E-state index contributed by atoms with van der Waals surface area (Å²) in [4.78, 5) is 23.6. The van der Waals surface area contributed by atoms with Gasteiger partial charge < -0.3 is 15.7 Å². The second-order valence-electron chi connectivity index (χ2n) is 5.58. The van der Waals surface area contributed by atoms with Crippen LogP contribution in [0.25, 0.3) is 0 Å². The van der Waals surface area contributed by atoms with Crippen molar-refractivity contribution < 1.29 is 19.9 Å². The Labute approximate surface area is 153 Å². The highest BCUT2D eigenvalue weighted by Gasteiger charge is 2.25. The number of hydroxylamine groups is 1. The first kappa shape index (κ1) is 21.1. The average molecular weight is 359 g/mol. The van der Waals surface area contributed by atoms with E-state index in [1.54, 1.807) is 24.3 Å². The van der Waals surface area contributed by atoms with Gasteiger partial charge in [0, 0.05) is 17.8 Å². The molecule has 0 aliphatic heterocycles. The van der Waals surface area contributed by atoms with E-state index in [1.165, 1.54) is 12.4 Å². The number of aliphatic hydroxyl groups is 1. The van der Waals surface area contributed by atoms with Gasteiger partial charge in [0.1, 0.15) is 6.04 Å². The van der Waals surface area contributed by atoms with E-state index in [-0.39, 0.29) is 7.43 Å². The standard InChI is InChI=1S/C18H21N3O4.CH4/c1-12(22)16(18(24)21-25)20-17(23)14-9-7-13(8-10-14)11-19-15-5-3-2-4-6-15;/h2-10,12,16,19,22,25H,11H2,1H3,(H,20,23)(H,21,24);1H4/t12-,16+;/m1./s1. The number of amides is 2. The molecule has 26 heavy (non-hydrogen) atoms. The summed E-state index contributed by atoms with van der Waals surface area (Å²) in [5.74, 6) is -1.40. The van der Waals surface area contributed by atoms with Crippen LogP contribution in [0.2, 0.25) is 0 Å². The Morgan fingerprint density at radius 1 is 1.04 bits per heavy atom. The molecule has 0 fully saturated rings. The van der Waals surface area contributed by atoms with Crippen molar-refractivity contribution in [1.82, 2.24) is 10.8 Å². The van der Waals surface area contributed by atoms with E-state index in [2.05, 4.69) is 10.6 Å². The minimum absolute atomic E-state index is 0. The number of anilines is 1. The quantitative estimate of drug-likeness (QED) is 0.383. The highest BCUT2D eigenvalue weighted by molar-refractivity contribution is 5.97. The van der Waals surface area contributed by atoms with Gasteiger partial charge in [0.2, 0.25) is 0 Å². The van der Waals surface area contributed by atoms with Gasteiger partial charge in [-0.3, -0.25) is 14.8 Å². The zero-order valence-corrected chi connectivity index (χ0v) is 13.8. The minimum atomic E-state index is -1.24. The Kier molecular flexibility index (Phi) is 8.27. The fourth-order valence-corrected chi connectivity index (χ4v) is 2.23. The van der Waals surface area contributed by atoms with E-state index in [4.69, 9.17) is 5.21 Å². The summed E-state index contributed by atoms with van der Waals surface area (Å²) in [5, 5.41) is 23.8. The van der Waals surface area contributed by atoms with Crippen LogP contribution >= 0.6 is 0 Å². The molecule has 0 saturated carbocycles. The molecule has 140 valence electrons. The summed E-state index contributed by atoms with van der Waals surface area (Å²) < 4.78 is 0. The van der Waals surface area contributed by atoms with E-state index in [0.29, 0.717) is 12.1 Å². The van der Waals surface area contributed by atoms with Gasteiger partial charge in [-0.15, -0.1) is 0 Å². The van der Waals surface area contributed by atoms with E-state index < -0.39 is 24.0 Å². The van der Waals surface area contributed by atoms with E-state index >= 15 is 0 Å². The first-order valence-corrected chi connectivity index (χ1v) is 7.82. The molecular weight excluding hydrogens is 334 g/mol. The molecule has 0 aliphatic rings. The van der Waals surface area contributed by atoms with Crippen molar-refractivity contribution in [2.24, 2.45) is 0 Å². The lowest BCUT2D eigenvalue weighted by Gasteiger charge is -2.19. The van der Waals surface area contributed by atoms with Crippen molar-refractivity contribution in [2.75, 3.05) is 5.32 Å².